The average molecular weight is 258 g/mol. The Hall–Kier alpha value is -2.14. The topological polar surface area (TPSA) is 55.1 Å². The van der Waals surface area contributed by atoms with Crippen molar-refractivity contribution in [1.29, 1.82) is 0 Å². The number of fused-ring (bicyclic) bond motifs is 1. The number of carbonyl (C=O) groups excluding carboxylic acids is 1. The zero-order chi connectivity index (χ0) is 12.5. The van der Waals surface area contributed by atoms with Gasteiger partial charge in [0.15, 0.2) is 5.82 Å². The van der Waals surface area contributed by atoms with Crippen molar-refractivity contribution in [3.8, 4) is 0 Å². The first-order chi connectivity index (χ1) is 8.74. The monoisotopic (exact) mass is 258 g/mol. The van der Waals surface area contributed by atoms with Crippen molar-refractivity contribution in [2.75, 3.05) is 5.32 Å². The molecule has 0 aliphatic heterocycles. The molecular formula is C13H10N2O2S. The summed E-state index contributed by atoms with van der Waals surface area (Å²) in [5.41, 5.74) is 0.663. The summed E-state index contributed by atoms with van der Waals surface area (Å²) in [6.45, 7) is 1.78. The molecule has 1 amide bonds. The lowest BCUT2D eigenvalue weighted by molar-refractivity contribution is 0.102. The normalized spacial score (nSPS) is 10.7. The number of hydrogen-bond acceptors (Lipinski definition) is 4. The molecule has 0 fully saturated rings. The van der Waals surface area contributed by atoms with Gasteiger partial charge in [0.2, 0.25) is 0 Å². The van der Waals surface area contributed by atoms with E-state index in [4.69, 9.17) is 4.52 Å². The lowest BCUT2D eigenvalue weighted by Crippen LogP contribution is -2.11. The summed E-state index contributed by atoms with van der Waals surface area (Å²) in [5.74, 6) is 0.939. The van der Waals surface area contributed by atoms with Crippen LogP contribution in [0.1, 0.15) is 16.1 Å². The predicted molar refractivity (Wildman–Crippen MR) is 71.0 cm³/mol. The highest BCUT2D eigenvalue weighted by atomic mass is 32.1. The summed E-state index contributed by atoms with van der Waals surface area (Å²) < 4.78 is 6.00. The summed E-state index contributed by atoms with van der Waals surface area (Å²) in [5, 5.41) is 9.27. The van der Waals surface area contributed by atoms with Crippen molar-refractivity contribution in [2.45, 2.75) is 6.92 Å². The van der Waals surface area contributed by atoms with E-state index in [0.29, 0.717) is 17.1 Å². The Balaban J connectivity index is 1.92. The summed E-state index contributed by atoms with van der Waals surface area (Å²) in [6.07, 6.45) is 0. The summed E-state index contributed by atoms with van der Waals surface area (Å²) in [7, 11) is 0. The number of nitrogens with zero attached hydrogens (tertiary/aromatic N) is 1. The van der Waals surface area contributed by atoms with E-state index in [-0.39, 0.29) is 5.91 Å². The van der Waals surface area contributed by atoms with E-state index in [1.165, 1.54) is 0 Å². The number of nitrogens with one attached hydrogen (secondary N) is 1. The Morgan fingerprint density at radius 1 is 1.39 bits per heavy atom. The summed E-state index contributed by atoms with van der Waals surface area (Å²) in [4.78, 5) is 12.1. The van der Waals surface area contributed by atoms with Crippen LogP contribution < -0.4 is 5.32 Å². The van der Waals surface area contributed by atoms with Crippen molar-refractivity contribution < 1.29 is 9.32 Å². The molecule has 0 unspecified atom stereocenters. The molecule has 0 saturated heterocycles. The fraction of sp³-hybridized carbons (Fsp3) is 0.0769. The van der Waals surface area contributed by atoms with Gasteiger partial charge in [0, 0.05) is 21.5 Å². The number of aryl methyl sites for hydroxylation is 1. The molecule has 0 bridgehead atoms. The standard InChI is InChI=1S/C13H10N2O2S/c1-8-6-12(15-17-8)14-13(16)10-7-18-11-5-3-2-4-9(10)11/h2-7H,1H3,(H,14,15,16). The Kier molecular flexibility index (Phi) is 2.60. The molecule has 0 radical (unpaired) electrons. The maximum absolute atomic E-state index is 12.1. The van der Waals surface area contributed by atoms with E-state index in [9.17, 15) is 4.79 Å². The molecule has 0 saturated carbocycles. The molecule has 0 atom stereocenters. The Morgan fingerprint density at radius 2 is 2.22 bits per heavy atom. The highest BCUT2D eigenvalue weighted by molar-refractivity contribution is 7.17. The number of benzene rings is 1. The first-order valence-electron chi connectivity index (χ1n) is 5.45. The molecule has 2 aromatic heterocycles. The van der Waals surface area contributed by atoms with E-state index < -0.39 is 0 Å². The number of rotatable bonds is 2. The molecular weight excluding hydrogens is 248 g/mol. The number of carbonyl (C=O) groups is 1. The fourth-order valence-corrected chi connectivity index (χ4v) is 2.70. The zero-order valence-corrected chi connectivity index (χ0v) is 10.5. The van der Waals surface area contributed by atoms with Gasteiger partial charge in [-0.1, -0.05) is 23.4 Å². The highest BCUT2D eigenvalue weighted by Crippen LogP contribution is 2.26. The number of anilines is 1. The fourth-order valence-electron chi connectivity index (χ4n) is 1.76. The second-order valence-corrected chi connectivity index (χ2v) is 4.83. The van der Waals surface area contributed by atoms with Crippen LogP contribution >= 0.6 is 11.3 Å². The van der Waals surface area contributed by atoms with Crippen LogP contribution in [0.3, 0.4) is 0 Å². The quantitative estimate of drug-likeness (QED) is 0.766. The second-order valence-electron chi connectivity index (χ2n) is 3.92. The molecule has 0 spiro atoms. The molecule has 18 heavy (non-hydrogen) atoms. The van der Waals surface area contributed by atoms with Gasteiger partial charge < -0.3 is 9.84 Å². The van der Waals surface area contributed by atoms with Gasteiger partial charge in [-0.25, -0.2) is 0 Å². The van der Waals surface area contributed by atoms with Gasteiger partial charge in [0.05, 0.1) is 5.56 Å². The first-order valence-corrected chi connectivity index (χ1v) is 6.33. The van der Waals surface area contributed by atoms with Crippen molar-refractivity contribution in [2.24, 2.45) is 0 Å². The average Bonchev–Trinajstić information content (AvgIpc) is 2.95. The molecule has 3 rings (SSSR count). The van der Waals surface area contributed by atoms with Crippen molar-refractivity contribution in [3.63, 3.8) is 0 Å². The van der Waals surface area contributed by atoms with Crippen LogP contribution in [0.4, 0.5) is 5.82 Å². The van der Waals surface area contributed by atoms with Crippen LogP contribution in [0.25, 0.3) is 10.1 Å². The van der Waals surface area contributed by atoms with Gasteiger partial charge in [-0.05, 0) is 13.0 Å². The molecule has 0 aliphatic rings. The van der Waals surface area contributed by atoms with Gasteiger partial charge in [-0.3, -0.25) is 4.79 Å². The molecule has 3 aromatic rings. The van der Waals surface area contributed by atoms with E-state index >= 15 is 0 Å². The van der Waals surface area contributed by atoms with E-state index in [1.54, 1.807) is 24.3 Å². The van der Waals surface area contributed by atoms with Gasteiger partial charge in [0.25, 0.3) is 5.91 Å². The Bertz CT molecular complexity index is 714. The third-order valence-electron chi connectivity index (χ3n) is 2.60. The van der Waals surface area contributed by atoms with Crippen LogP contribution in [-0.2, 0) is 0 Å². The third kappa shape index (κ3) is 1.89. The molecule has 5 heteroatoms. The SMILES string of the molecule is Cc1cc(NC(=O)c2csc3ccccc23)no1. The minimum absolute atomic E-state index is 0.166. The first kappa shape index (κ1) is 11.0. The minimum Gasteiger partial charge on any atom is -0.360 e. The molecule has 0 aliphatic carbocycles. The lowest BCUT2D eigenvalue weighted by atomic mass is 10.1. The molecule has 1 N–H and O–H groups in total. The van der Waals surface area contributed by atoms with E-state index in [0.717, 1.165) is 10.1 Å². The zero-order valence-electron chi connectivity index (χ0n) is 9.64. The maximum Gasteiger partial charge on any atom is 0.258 e. The van der Waals surface area contributed by atoms with Crippen molar-refractivity contribution in [1.82, 2.24) is 5.16 Å². The smallest absolute Gasteiger partial charge is 0.258 e. The van der Waals surface area contributed by atoms with E-state index in [2.05, 4.69) is 10.5 Å². The van der Waals surface area contributed by atoms with Gasteiger partial charge in [0.1, 0.15) is 5.76 Å². The van der Waals surface area contributed by atoms with Crippen LogP contribution in [0, 0.1) is 6.92 Å². The van der Waals surface area contributed by atoms with Gasteiger partial charge in [-0.15, -0.1) is 11.3 Å². The predicted octanol–water partition coefficient (Wildman–Crippen LogP) is 3.45. The maximum atomic E-state index is 12.1. The largest absolute Gasteiger partial charge is 0.360 e. The molecule has 90 valence electrons. The van der Waals surface area contributed by atoms with E-state index in [1.807, 2.05) is 29.6 Å². The number of hydrogen-bond donors (Lipinski definition) is 1. The minimum atomic E-state index is -0.166. The van der Waals surface area contributed by atoms with Gasteiger partial charge in [-0.2, -0.15) is 0 Å². The summed E-state index contributed by atoms with van der Waals surface area (Å²) >= 11 is 1.55. The molecule has 1 aromatic carbocycles. The number of amides is 1. The van der Waals surface area contributed by atoms with Crippen molar-refractivity contribution in [3.05, 3.63) is 47.0 Å². The van der Waals surface area contributed by atoms with Crippen LogP contribution in [0.15, 0.2) is 40.2 Å². The van der Waals surface area contributed by atoms with Gasteiger partial charge >= 0.3 is 0 Å². The van der Waals surface area contributed by atoms with Crippen molar-refractivity contribution >= 4 is 33.1 Å². The number of thiophene rings is 1. The highest BCUT2D eigenvalue weighted by Gasteiger charge is 2.13. The molecule has 4 nitrogen and oxygen atoms in total. The number of aromatic nitrogens is 1. The van der Waals surface area contributed by atoms with Crippen LogP contribution in [0.5, 0.6) is 0 Å². The Morgan fingerprint density at radius 3 is 3.00 bits per heavy atom. The third-order valence-corrected chi connectivity index (χ3v) is 3.56. The van der Waals surface area contributed by atoms with Crippen LogP contribution in [0.2, 0.25) is 0 Å². The molecule has 2 heterocycles. The lowest BCUT2D eigenvalue weighted by Gasteiger charge is -1.99. The Labute approximate surface area is 107 Å². The van der Waals surface area contributed by atoms with Crippen LogP contribution in [-0.4, -0.2) is 11.1 Å². The second kappa shape index (κ2) is 4.27. The summed E-state index contributed by atoms with van der Waals surface area (Å²) in [6, 6.07) is 9.51.